The Balaban J connectivity index is 1.62. The van der Waals surface area contributed by atoms with Crippen molar-refractivity contribution in [1.82, 2.24) is 9.97 Å². The molecule has 0 unspecified atom stereocenters. The molecule has 1 heterocycles. The Morgan fingerprint density at radius 2 is 1.37 bits per heavy atom. The summed E-state index contributed by atoms with van der Waals surface area (Å²) < 4.78 is 0. The lowest BCUT2D eigenvalue weighted by Gasteiger charge is -2.05. The topological polar surface area (TPSA) is 49.6 Å². The quantitative estimate of drug-likeness (QED) is 0.452. The van der Waals surface area contributed by atoms with Crippen molar-refractivity contribution >= 4 is 0 Å². The van der Waals surface area contributed by atoms with Crippen molar-refractivity contribution in [2.24, 2.45) is 0 Å². The number of benzene rings is 2. The van der Waals surface area contributed by atoms with Gasteiger partial charge in [-0.2, -0.15) is 5.26 Å². The van der Waals surface area contributed by atoms with Crippen molar-refractivity contribution in [2.45, 2.75) is 45.4 Å². The highest BCUT2D eigenvalue weighted by molar-refractivity contribution is 5.64. The van der Waals surface area contributed by atoms with Crippen LogP contribution in [0.4, 0.5) is 0 Å². The molecule has 0 bridgehead atoms. The second-order valence-electron chi connectivity index (χ2n) is 6.85. The Kier molecular flexibility index (Phi) is 6.71. The standard InChI is InChI=1S/C24H25N3/c1-2-3-4-5-6-7-19-8-14-22(15-9-19)24-26-17-23(18-27-24)21-12-10-20(16-25)11-13-21/h8-15,17-18H,2-7H2,1H3. The molecule has 0 aliphatic carbocycles. The zero-order valence-electron chi connectivity index (χ0n) is 15.9. The fraction of sp³-hybridized carbons (Fsp3) is 0.292. The molecule has 0 saturated carbocycles. The molecular formula is C24H25N3. The zero-order valence-corrected chi connectivity index (χ0v) is 15.9. The number of hydrogen-bond donors (Lipinski definition) is 0. The van der Waals surface area contributed by atoms with Crippen LogP contribution in [0.25, 0.3) is 22.5 Å². The van der Waals surface area contributed by atoms with Gasteiger partial charge in [0.05, 0.1) is 11.6 Å². The summed E-state index contributed by atoms with van der Waals surface area (Å²) in [5, 5.41) is 8.89. The van der Waals surface area contributed by atoms with Gasteiger partial charge in [0.25, 0.3) is 0 Å². The van der Waals surface area contributed by atoms with Gasteiger partial charge in [-0.15, -0.1) is 0 Å². The first-order valence-corrected chi connectivity index (χ1v) is 9.72. The number of unbranched alkanes of at least 4 members (excludes halogenated alkanes) is 4. The highest BCUT2D eigenvalue weighted by atomic mass is 14.9. The minimum Gasteiger partial charge on any atom is -0.236 e. The van der Waals surface area contributed by atoms with Gasteiger partial charge in [0.15, 0.2) is 5.82 Å². The lowest BCUT2D eigenvalue weighted by atomic mass is 10.0. The van der Waals surface area contributed by atoms with Crippen LogP contribution in [-0.2, 0) is 6.42 Å². The maximum atomic E-state index is 8.89. The van der Waals surface area contributed by atoms with E-state index in [1.807, 2.05) is 36.7 Å². The Labute approximate surface area is 161 Å². The van der Waals surface area contributed by atoms with Crippen molar-refractivity contribution in [3.63, 3.8) is 0 Å². The highest BCUT2D eigenvalue weighted by Gasteiger charge is 2.04. The first-order chi connectivity index (χ1) is 13.3. The minimum absolute atomic E-state index is 0.654. The van der Waals surface area contributed by atoms with Crippen molar-refractivity contribution in [2.75, 3.05) is 0 Å². The van der Waals surface area contributed by atoms with Gasteiger partial charge in [0.2, 0.25) is 0 Å². The summed E-state index contributed by atoms with van der Waals surface area (Å²) in [4.78, 5) is 9.03. The van der Waals surface area contributed by atoms with Gasteiger partial charge in [-0.05, 0) is 36.1 Å². The third-order valence-corrected chi connectivity index (χ3v) is 4.78. The van der Waals surface area contributed by atoms with Crippen LogP contribution in [0, 0.1) is 11.3 Å². The normalized spacial score (nSPS) is 10.5. The maximum absolute atomic E-state index is 8.89. The molecule has 3 nitrogen and oxygen atoms in total. The first kappa shape index (κ1) is 18.8. The first-order valence-electron chi connectivity index (χ1n) is 9.72. The van der Waals surface area contributed by atoms with Gasteiger partial charge < -0.3 is 0 Å². The third kappa shape index (κ3) is 5.24. The van der Waals surface area contributed by atoms with E-state index in [2.05, 4.69) is 47.2 Å². The van der Waals surface area contributed by atoms with Crippen LogP contribution in [0.2, 0.25) is 0 Å². The van der Waals surface area contributed by atoms with E-state index in [1.165, 1.54) is 37.7 Å². The van der Waals surface area contributed by atoms with Crippen molar-refractivity contribution in [1.29, 1.82) is 5.26 Å². The van der Waals surface area contributed by atoms with Crippen LogP contribution in [0.3, 0.4) is 0 Å². The SMILES string of the molecule is CCCCCCCc1ccc(-c2ncc(-c3ccc(C#N)cc3)cn2)cc1. The van der Waals surface area contributed by atoms with E-state index in [1.54, 1.807) is 0 Å². The molecule has 0 spiro atoms. The van der Waals surface area contributed by atoms with E-state index in [9.17, 15) is 0 Å². The number of aryl methyl sites for hydroxylation is 1. The third-order valence-electron chi connectivity index (χ3n) is 4.78. The van der Waals surface area contributed by atoms with Gasteiger partial charge in [0, 0.05) is 23.5 Å². The molecule has 0 aliphatic heterocycles. The molecule has 136 valence electrons. The number of rotatable bonds is 8. The molecular weight excluding hydrogens is 330 g/mol. The largest absolute Gasteiger partial charge is 0.236 e. The summed E-state index contributed by atoms with van der Waals surface area (Å²) in [6, 6.07) is 18.2. The number of hydrogen-bond acceptors (Lipinski definition) is 3. The van der Waals surface area contributed by atoms with Gasteiger partial charge in [-0.1, -0.05) is 69.0 Å². The van der Waals surface area contributed by atoms with E-state index >= 15 is 0 Å². The molecule has 0 saturated heterocycles. The molecule has 1 aromatic heterocycles. The Morgan fingerprint density at radius 3 is 2.00 bits per heavy atom. The molecule has 3 rings (SSSR count). The van der Waals surface area contributed by atoms with Gasteiger partial charge >= 0.3 is 0 Å². The van der Waals surface area contributed by atoms with Crippen molar-refractivity contribution < 1.29 is 0 Å². The summed E-state index contributed by atoms with van der Waals surface area (Å²) in [6.07, 6.45) is 11.4. The average Bonchev–Trinajstić information content (AvgIpc) is 2.74. The molecule has 3 heteroatoms. The lowest BCUT2D eigenvalue weighted by Crippen LogP contribution is -1.91. The van der Waals surface area contributed by atoms with Gasteiger partial charge in [-0.3, -0.25) is 0 Å². The summed E-state index contributed by atoms with van der Waals surface area (Å²) in [5.74, 6) is 0.738. The summed E-state index contributed by atoms with van der Waals surface area (Å²) >= 11 is 0. The van der Waals surface area contributed by atoms with E-state index < -0.39 is 0 Å². The molecule has 0 amide bonds. The van der Waals surface area contributed by atoms with Crippen LogP contribution < -0.4 is 0 Å². The molecule has 0 radical (unpaired) electrons. The highest BCUT2D eigenvalue weighted by Crippen LogP contribution is 2.21. The minimum atomic E-state index is 0.654. The van der Waals surface area contributed by atoms with Crippen LogP contribution in [0.1, 0.15) is 50.2 Å². The monoisotopic (exact) mass is 355 g/mol. The lowest BCUT2D eigenvalue weighted by molar-refractivity contribution is 0.632. The van der Waals surface area contributed by atoms with E-state index in [4.69, 9.17) is 5.26 Å². The summed E-state index contributed by atoms with van der Waals surface area (Å²) in [6.45, 7) is 2.25. The van der Waals surface area contributed by atoms with Crippen LogP contribution in [0.15, 0.2) is 60.9 Å². The predicted molar refractivity (Wildman–Crippen MR) is 110 cm³/mol. The van der Waals surface area contributed by atoms with E-state index in [-0.39, 0.29) is 0 Å². The Morgan fingerprint density at radius 1 is 0.741 bits per heavy atom. The molecule has 3 aromatic rings. The molecule has 2 aromatic carbocycles. The summed E-state index contributed by atoms with van der Waals surface area (Å²) in [5.41, 5.74) is 5.04. The number of nitrogens with zero attached hydrogens (tertiary/aromatic N) is 3. The molecule has 0 N–H and O–H groups in total. The van der Waals surface area contributed by atoms with Gasteiger partial charge in [-0.25, -0.2) is 9.97 Å². The fourth-order valence-corrected chi connectivity index (χ4v) is 3.12. The van der Waals surface area contributed by atoms with Crippen molar-refractivity contribution in [3.05, 3.63) is 72.1 Å². The van der Waals surface area contributed by atoms with E-state index in [0.29, 0.717) is 5.56 Å². The smallest absolute Gasteiger partial charge is 0.159 e. The van der Waals surface area contributed by atoms with E-state index in [0.717, 1.165) is 28.9 Å². The van der Waals surface area contributed by atoms with Gasteiger partial charge in [0.1, 0.15) is 0 Å². The Bertz CT molecular complexity index is 873. The average molecular weight is 355 g/mol. The number of nitriles is 1. The second-order valence-corrected chi connectivity index (χ2v) is 6.85. The Hall–Kier alpha value is -2.99. The molecule has 27 heavy (non-hydrogen) atoms. The number of aromatic nitrogens is 2. The zero-order chi connectivity index (χ0) is 18.9. The summed E-state index contributed by atoms with van der Waals surface area (Å²) in [7, 11) is 0. The predicted octanol–water partition coefficient (Wildman–Crippen LogP) is 6.20. The second kappa shape index (κ2) is 9.64. The maximum Gasteiger partial charge on any atom is 0.159 e. The van der Waals surface area contributed by atoms with Crippen LogP contribution in [-0.4, -0.2) is 9.97 Å². The fourth-order valence-electron chi connectivity index (χ4n) is 3.12. The molecule has 0 aliphatic rings. The molecule has 0 fully saturated rings. The van der Waals surface area contributed by atoms with Crippen LogP contribution >= 0.6 is 0 Å². The van der Waals surface area contributed by atoms with Crippen molar-refractivity contribution in [3.8, 4) is 28.6 Å². The van der Waals surface area contributed by atoms with Crippen LogP contribution in [0.5, 0.6) is 0 Å². The molecule has 0 atom stereocenters.